The zero-order chi connectivity index (χ0) is 6.97. The lowest BCUT2D eigenvalue weighted by Crippen LogP contribution is -2.37. The van der Waals surface area contributed by atoms with Gasteiger partial charge in [-0.05, 0) is 18.5 Å². The molecule has 2 atom stereocenters. The first kappa shape index (κ1) is 6.23. The second-order valence-electron chi connectivity index (χ2n) is 3.34. The zero-order valence-corrected chi connectivity index (χ0v) is 6.21. The Kier molecular flexibility index (Phi) is 1.42. The van der Waals surface area contributed by atoms with Crippen molar-refractivity contribution in [3.63, 3.8) is 0 Å². The maximum atomic E-state index is 3.78. The fraction of sp³-hybridized carbons (Fsp3) is 0.750. The predicted molar refractivity (Wildman–Crippen MR) is 41.7 cm³/mol. The minimum absolute atomic E-state index is 0.747. The van der Waals surface area contributed by atoms with Crippen molar-refractivity contribution in [2.75, 3.05) is 19.6 Å². The minimum Gasteiger partial charge on any atom is -0.376 e. The van der Waals surface area contributed by atoms with Crippen molar-refractivity contribution < 1.29 is 0 Å². The van der Waals surface area contributed by atoms with Crippen LogP contribution >= 0.6 is 0 Å². The van der Waals surface area contributed by atoms with Gasteiger partial charge in [-0.3, -0.25) is 0 Å². The summed E-state index contributed by atoms with van der Waals surface area (Å²) in [7, 11) is 0. The van der Waals surface area contributed by atoms with Gasteiger partial charge in [0.25, 0.3) is 0 Å². The van der Waals surface area contributed by atoms with Crippen LogP contribution in [0.1, 0.15) is 6.42 Å². The Morgan fingerprint density at radius 2 is 2.40 bits per heavy atom. The number of fused-ring (bicyclic) bond motifs is 2. The van der Waals surface area contributed by atoms with E-state index < -0.39 is 0 Å². The van der Waals surface area contributed by atoms with Crippen LogP contribution in [0.2, 0.25) is 0 Å². The lowest BCUT2D eigenvalue weighted by atomic mass is 10.0. The summed E-state index contributed by atoms with van der Waals surface area (Å²) in [6.07, 6.45) is 3.34. The number of likely N-dealkylation sites (tertiary alicyclic amines) is 1. The lowest BCUT2D eigenvalue weighted by molar-refractivity contribution is 0.260. The molecule has 0 radical (unpaired) electrons. The maximum absolute atomic E-state index is 3.78. The van der Waals surface area contributed by atoms with Crippen molar-refractivity contribution in [1.82, 2.24) is 10.2 Å². The van der Waals surface area contributed by atoms with Crippen LogP contribution in [0.3, 0.4) is 0 Å². The minimum atomic E-state index is 0.747. The molecule has 0 aromatic carbocycles. The predicted octanol–water partition coefficient (Wildman–Crippen LogP) is 0.424. The van der Waals surface area contributed by atoms with Crippen molar-refractivity contribution in [1.29, 1.82) is 0 Å². The molecule has 56 valence electrons. The molecule has 1 N–H and O–H groups in total. The fourth-order valence-electron chi connectivity index (χ4n) is 2.02. The van der Waals surface area contributed by atoms with E-state index in [2.05, 4.69) is 16.8 Å². The molecule has 0 saturated carbocycles. The number of hydrogen-bond acceptors (Lipinski definition) is 2. The van der Waals surface area contributed by atoms with Gasteiger partial charge in [0.1, 0.15) is 0 Å². The fourth-order valence-corrected chi connectivity index (χ4v) is 2.02. The zero-order valence-electron chi connectivity index (χ0n) is 6.21. The van der Waals surface area contributed by atoms with E-state index in [1.807, 2.05) is 6.20 Å². The van der Waals surface area contributed by atoms with Crippen LogP contribution in [0, 0.1) is 5.92 Å². The van der Waals surface area contributed by atoms with Crippen LogP contribution < -0.4 is 5.32 Å². The number of hydrogen-bond donors (Lipinski definition) is 1. The molecular weight excluding hydrogens is 124 g/mol. The van der Waals surface area contributed by atoms with Gasteiger partial charge in [0.2, 0.25) is 0 Å². The van der Waals surface area contributed by atoms with Gasteiger partial charge in [0.15, 0.2) is 0 Å². The van der Waals surface area contributed by atoms with E-state index in [4.69, 9.17) is 0 Å². The first-order valence-electron chi connectivity index (χ1n) is 3.98. The maximum Gasteiger partial charge on any atom is 0.0326 e. The molecule has 2 aliphatic heterocycles. The van der Waals surface area contributed by atoms with Gasteiger partial charge in [-0.1, -0.05) is 6.58 Å². The quantitative estimate of drug-likeness (QED) is 0.565. The van der Waals surface area contributed by atoms with E-state index in [9.17, 15) is 0 Å². The molecule has 0 aliphatic carbocycles. The normalized spacial score (nSPS) is 38.2. The highest BCUT2D eigenvalue weighted by Crippen LogP contribution is 2.21. The third-order valence-electron chi connectivity index (χ3n) is 2.52. The van der Waals surface area contributed by atoms with Gasteiger partial charge in [0, 0.05) is 25.7 Å². The van der Waals surface area contributed by atoms with E-state index in [0.29, 0.717) is 0 Å². The highest BCUT2D eigenvalue weighted by molar-refractivity contribution is 4.93. The molecule has 2 saturated heterocycles. The number of nitrogens with zero attached hydrogens (tertiary/aromatic N) is 1. The van der Waals surface area contributed by atoms with E-state index in [1.165, 1.54) is 26.1 Å². The van der Waals surface area contributed by atoms with Gasteiger partial charge in [-0.25, -0.2) is 0 Å². The molecule has 0 amide bonds. The van der Waals surface area contributed by atoms with Crippen LogP contribution in [0.15, 0.2) is 12.8 Å². The molecular formula is C8H14N2. The lowest BCUT2D eigenvalue weighted by Gasteiger charge is -2.29. The van der Waals surface area contributed by atoms with E-state index in [-0.39, 0.29) is 0 Å². The van der Waals surface area contributed by atoms with Crippen LogP contribution in [-0.4, -0.2) is 30.6 Å². The average Bonchev–Trinajstić information content (AvgIpc) is 2.30. The summed E-state index contributed by atoms with van der Waals surface area (Å²) >= 11 is 0. The molecule has 0 aromatic rings. The van der Waals surface area contributed by atoms with Crippen LogP contribution in [0.25, 0.3) is 0 Å². The Morgan fingerprint density at radius 1 is 1.50 bits per heavy atom. The highest BCUT2D eigenvalue weighted by atomic mass is 15.2. The summed E-state index contributed by atoms with van der Waals surface area (Å²) in [5.41, 5.74) is 0. The average molecular weight is 138 g/mol. The molecule has 2 heterocycles. The Labute approximate surface area is 61.9 Å². The molecule has 0 spiro atoms. The Bertz CT molecular complexity index is 132. The SMILES string of the molecule is C=CN1CC2CNC(C2)C1. The summed E-state index contributed by atoms with van der Waals surface area (Å²) in [5, 5.41) is 3.49. The van der Waals surface area contributed by atoms with Crippen LogP contribution in [-0.2, 0) is 0 Å². The first-order valence-corrected chi connectivity index (χ1v) is 3.98. The van der Waals surface area contributed by atoms with Gasteiger partial charge in [0.05, 0.1) is 0 Å². The summed E-state index contributed by atoms with van der Waals surface area (Å²) in [6.45, 7) is 7.38. The second-order valence-corrected chi connectivity index (χ2v) is 3.34. The van der Waals surface area contributed by atoms with Crippen LogP contribution in [0.5, 0.6) is 0 Å². The number of nitrogens with one attached hydrogen (secondary N) is 1. The largest absolute Gasteiger partial charge is 0.376 e. The third-order valence-corrected chi connectivity index (χ3v) is 2.52. The molecule has 2 rings (SSSR count). The smallest absolute Gasteiger partial charge is 0.0326 e. The van der Waals surface area contributed by atoms with E-state index in [1.54, 1.807) is 0 Å². The van der Waals surface area contributed by atoms with E-state index in [0.717, 1.165) is 12.0 Å². The van der Waals surface area contributed by atoms with E-state index >= 15 is 0 Å². The van der Waals surface area contributed by atoms with Gasteiger partial charge in [-0.15, -0.1) is 0 Å². The Balaban J connectivity index is 2.02. The van der Waals surface area contributed by atoms with Crippen molar-refractivity contribution >= 4 is 0 Å². The summed E-state index contributed by atoms with van der Waals surface area (Å²) in [4.78, 5) is 2.32. The standard InChI is InChI=1S/C8H14N2/c1-2-10-5-7-3-8(6-10)9-4-7/h2,7-9H,1,3-6H2. The molecule has 10 heavy (non-hydrogen) atoms. The summed E-state index contributed by atoms with van der Waals surface area (Å²) in [5.74, 6) is 0.886. The van der Waals surface area contributed by atoms with Crippen molar-refractivity contribution in [3.05, 3.63) is 12.8 Å². The molecule has 2 heteroatoms. The van der Waals surface area contributed by atoms with Gasteiger partial charge in [-0.2, -0.15) is 0 Å². The van der Waals surface area contributed by atoms with Crippen molar-refractivity contribution in [2.24, 2.45) is 5.92 Å². The number of rotatable bonds is 1. The molecule has 2 unspecified atom stereocenters. The Hall–Kier alpha value is -0.500. The number of piperidine rings is 1. The first-order chi connectivity index (χ1) is 4.88. The third kappa shape index (κ3) is 0.926. The molecule has 2 bridgehead atoms. The van der Waals surface area contributed by atoms with Gasteiger partial charge >= 0.3 is 0 Å². The van der Waals surface area contributed by atoms with Gasteiger partial charge < -0.3 is 10.2 Å². The molecule has 2 fully saturated rings. The second kappa shape index (κ2) is 2.27. The van der Waals surface area contributed by atoms with Crippen molar-refractivity contribution in [3.8, 4) is 0 Å². The monoisotopic (exact) mass is 138 g/mol. The molecule has 2 nitrogen and oxygen atoms in total. The summed E-state index contributed by atoms with van der Waals surface area (Å²) in [6, 6.07) is 0.747. The topological polar surface area (TPSA) is 15.3 Å². The molecule has 2 aliphatic rings. The molecule has 0 aromatic heterocycles. The van der Waals surface area contributed by atoms with Crippen LogP contribution in [0.4, 0.5) is 0 Å². The van der Waals surface area contributed by atoms with Crippen molar-refractivity contribution in [2.45, 2.75) is 12.5 Å². The Morgan fingerprint density at radius 3 is 3.10 bits per heavy atom. The highest BCUT2D eigenvalue weighted by Gasteiger charge is 2.30. The summed E-state index contributed by atoms with van der Waals surface area (Å²) < 4.78 is 0.